The fourth-order valence-corrected chi connectivity index (χ4v) is 4.62. The summed E-state index contributed by atoms with van der Waals surface area (Å²) < 4.78 is 10.9. The Kier molecular flexibility index (Phi) is 7.81. The van der Waals surface area contributed by atoms with Gasteiger partial charge in [-0.2, -0.15) is 4.98 Å². The number of rotatable bonds is 7. The lowest BCUT2D eigenvalue weighted by Gasteiger charge is -2.35. The molecule has 4 fully saturated rings. The Morgan fingerprint density at radius 2 is 1.42 bits per heavy atom. The van der Waals surface area contributed by atoms with E-state index in [1.165, 1.54) is 0 Å². The second-order valence-electron chi connectivity index (χ2n) is 9.62. The highest BCUT2D eigenvalue weighted by atomic mass is 16.5. The molecule has 0 unspecified atom stereocenters. The number of amides is 3. The normalized spacial score (nSPS) is 20.9. The Hall–Kier alpha value is -2.99. The van der Waals surface area contributed by atoms with Crippen molar-refractivity contribution in [2.24, 2.45) is 0 Å². The van der Waals surface area contributed by atoms with Crippen LogP contribution in [0.4, 0.5) is 11.8 Å². The van der Waals surface area contributed by atoms with E-state index >= 15 is 0 Å². The van der Waals surface area contributed by atoms with Gasteiger partial charge in [-0.3, -0.25) is 14.4 Å². The van der Waals surface area contributed by atoms with Crippen LogP contribution in [0.3, 0.4) is 0 Å². The van der Waals surface area contributed by atoms with Crippen LogP contribution in [0.1, 0.15) is 36.2 Å². The zero-order valence-corrected chi connectivity index (χ0v) is 20.7. The standard InChI is InChI=1S/C24H35N7O5/c32-21(25-18-1-2-18)3-4-22(33)29-5-7-30(8-6-29)23(34)19-17-20(28-9-13-35-14-10-28)27-24(26-19)31-11-15-36-16-12-31/h17-18H,1-16H2,(H,25,32). The van der Waals surface area contributed by atoms with Crippen molar-refractivity contribution >= 4 is 29.5 Å². The van der Waals surface area contributed by atoms with E-state index in [0.717, 1.165) is 18.7 Å². The Morgan fingerprint density at radius 1 is 0.806 bits per heavy atom. The molecule has 4 aliphatic rings. The number of nitrogens with one attached hydrogen (secondary N) is 1. The molecule has 1 aromatic rings. The molecule has 3 amide bonds. The summed E-state index contributed by atoms with van der Waals surface area (Å²) in [5.41, 5.74) is 0.365. The summed E-state index contributed by atoms with van der Waals surface area (Å²) in [7, 11) is 0. The molecule has 1 saturated carbocycles. The maximum atomic E-state index is 13.5. The predicted octanol–water partition coefficient (Wildman–Crippen LogP) is -0.507. The van der Waals surface area contributed by atoms with Crippen LogP contribution in [0.25, 0.3) is 0 Å². The molecule has 4 heterocycles. The monoisotopic (exact) mass is 501 g/mol. The van der Waals surface area contributed by atoms with E-state index < -0.39 is 0 Å². The summed E-state index contributed by atoms with van der Waals surface area (Å²) in [5.74, 6) is 1.02. The molecular formula is C24H35N7O5. The SMILES string of the molecule is O=C(CCC(=O)N1CCN(C(=O)c2cc(N3CCOCC3)nc(N3CCOCC3)n2)CC1)NC1CC1. The highest BCUT2D eigenvalue weighted by Gasteiger charge is 2.29. The molecule has 12 nitrogen and oxygen atoms in total. The van der Waals surface area contributed by atoms with Crippen molar-refractivity contribution in [1.29, 1.82) is 0 Å². The van der Waals surface area contributed by atoms with E-state index in [2.05, 4.69) is 20.1 Å². The van der Waals surface area contributed by atoms with Gasteiger partial charge in [-0.25, -0.2) is 4.98 Å². The molecule has 36 heavy (non-hydrogen) atoms. The molecule has 5 rings (SSSR count). The second-order valence-corrected chi connectivity index (χ2v) is 9.62. The minimum absolute atomic E-state index is 0.0423. The Bertz CT molecular complexity index is 916. The van der Waals surface area contributed by atoms with Gasteiger partial charge in [0, 0.05) is 77.3 Å². The van der Waals surface area contributed by atoms with Crippen LogP contribution in [-0.2, 0) is 19.1 Å². The Morgan fingerprint density at radius 3 is 2.06 bits per heavy atom. The van der Waals surface area contributed by atoms with E-state index in [-0.39, 0.29) is 30.6 Å². The third-order valence-corrected chi connectivity index (χ3v) is 6.98. The van der Waals surface area contributed by atoms with Crippen LogP contribution in [0.2, 0.25) is 0 Å². The molecule has 0 atom stereocenters. The summed E-state index contributed by atoms with van der Waals surface area (Å²) in [6, 6.07) is 2.07. The summed E-state index contributed by atoms with van der Waals surface area (Å²) >= 11 is 0. The third kappa shape index (κ3) is 6.22. The first-order valence-corrected chi connectivity index (χ1v) is 13.0. The first-order chi connectivity index (χ1) is 17.6. The fraction of sp³-hybridized carbons (Fsp3) is 0.708. The van der Waals surface area contributed by atoms with Crippen molar-refractivity contribution < 1.29 is 23.9 Å². The zero-order valence-electron chi connectivity index (χ0n) is 20.7. The van der Waals surface area contributed by atoms with Gasteiger partial charge in [0.25, 0.3) is 5.91 Å². The number of hydrogen-bond acceptors (Lipinski definition) is 9. The molecule has 0 aromatic carbocycles. The number of carbonyl (C=O) groups is 3. The molecule has 0 bridgehead atoms. The maximum Gasteiger partial charge on any atom is 0.272 e. The van der Waals surface area contributed by atoms with Gasteiger partial charge in [-0.15, -0.1) is 0 Å². The van der Waals surface area contributed by atoms with Gasteiger partial charge in [-0.05, 0) is 12.8 Å². The number of ether oxygens (including phenoxy) is 2. The fourth-order valence-electron chi connectivity index (χ4n) is 4.62. The van der Waals surface area contributed by atoms with Gasteiger partial charge in [0.05, 0.1) is 26.4 Å². The van der Waals surface area contributed by atoms with Gasteiger partial charge < -0.3 is 34.4 Å². The Labute approximate surface area is 210 Å². The van der Waals surface area contributed by atoms with E-state index in [9.17, 15) is 14.4 Å². The first kappa shape index (κ1) is 24.7. The van der Waals surface area contributed by atoms with Crippen molar-refractivity contribution in [2.75, 3.05) is 88.6 Å². The average Bonchev–Trinajstić information content (AvgIpc) is 3.76. The number of hydrogen-bond donors (Lipinski definition) is 1. The summed E-state index contributed by atoms with van der Waals surface area (Å²) in [6.07, 6.45) is 2.47. The number of morpholine rings is 2. The molecule has 0 spiro atoms. The molecule has 3 saturated heterocycles. The largest absolute Gasteiger partial charge is 0.378 e. The lowest BCUT2D eigenvalue weighted by Crippen LogP contribution is -2.51. The van der Waals surface area contributed by atoms with Crippen molar-refractivity contribution in [2.45, 2.75) is 31.7 Å². The topological polar surface area (TPSA) is 120 Å². The molecule has 1 N–H and O–H groups in total. The third-order valence-electron chi connectivity index (χ3n) is 6.98. The zero-order chi connectivity index (χ0) is 24.9. The van der Waals surface area contributed by atoms with Crippen molar-refractivity contribution in [3.8, 4) is 0 Å². The maximum absolute atomic E-state index is 13.5. The summed E-state index contributed by atoms with van der Waals surface area (Å²) in [6.45, 7) is 7.01. The summed E-state index contributed by atoms with van der Waals surface area (Å²) in [4.78, 5) is 55.0. The quantitative estimate of drug-likeness (QED) is 0.527. The van der Waals surface area contributed by atoms with E-state index in [0.29, 0.717) is 96.5 Å². The van der Waals surface area contributed by atoms with E-state index in [1.807, 2.05) is 0 Å². The number of piperazine rings is 1. The minimum atomic E-state index is -0.155. The number of nitrogens with zero attached hydrogens (tertiary/aromatic N) is 6. The van der Waals surface area contributed by atoms with Gasteiger partial charge >= 0.3 is 0 Å². The van der Waals surface area contributed by atoms with Crippen LogP contribution in [0, 0.1) is 0 Å². The van der Waals surface area contributed by atoms with E-state index in [4.69, 9.17) is 14.5 Å². The van der Waals surface area contributed by atoms with Crippen LogP contribution >= 0.6 is 0 Å². The number of anilines is 2. The number of carbonyl (C=O) groups excluding carboxylic acids is 3. The average molecular weight is 502 g/mol. The van der Waals surface area contributed by atoms with Crippen molar-refractivity contribution in [1.82, 2.24) is 25.1 Å². The van der Waals surface area contributed by atoms with Gasteiger partial charge in [0.2, 0.25) is 17.8 Å². The Balaban J connectivity index is 1.21. The van der Waals surface area contributed by atoms with Crippen LogP contribution in [0.15, 0.2) is 6.07 Å². The summed E-state index contributed by atoms with van der Waals surface area (Å²) in [5, 5.41) is 2.91. The van der Waals surface area contributed by atoms with Gasteiger partial charge in [-0.1, -0.05) is 0 Å². The molecule has 12 heteroatoms. The molecule has 3 aliphatic heterocycles. The first-order valence-electron chi connectivity index (χ1n) is 13.0. The van der Waals surface area contributed by atoms with Crippen LogP contribution in [0.5, 0.6) is 0 Å². The van der Waals surface area contributed by atoms with Gasteiger partial charge in [0.1, 0.15) is 11.5 Å². The lowest BCUT2D eigenvalue weighted by atomic mass is 10.2. The lowest BCUT2D eigenvalue weighted by molar-refractivity contribution is -0.134. The second kappa shape index (κ2) is 11.4. The van der Waals surface area contributed by atoms with Crippen molar-refractivity contribution in [3.05, 3.63) is 11.8 Å². The van der Waals surface area contributed by atoms with Gasteiger partial charge in [0.15, 0.2) is 0 Å². The molecule has 1 aliphatic carbocycles. The van der Waals surface area contributed by atoms with E-state index in [1.54, 1.807) is 15.9 Å². The highest BCUT2D eigenvalue weighted by molar-refractivity contribution is 5.93. The predicted molar refractivity (Wildman–Crippen MR) is 131 cm³/mol. The molecule has 196 valence electrons. The highest BCUT2D eigenvalue weighted by Crippen LogP contribution is 2.22. The minimum Gasteiger partial charge on any atom is -0.378 e. The smallest absolute Gasteiger partial charge is 0.272 e. The number of aromatic nitrogens is 2. The van der Waals surface area contributed by atoms with Crippen molar-refractivity contribution in [3.63, 3.8) is 0 Å². The van der Waals surface area contributed by atoms with Crippen LogP contribution in [-0.4, -0.2) is 122 Å². The molecule has 0 radical (unpaired) electrons. The van der Waals surface area contributed by atoms with Crippen LogP contribution < -0.4 is 15.1 Å². The molecular weight excluding hydrogens is 466 g/mol. The molecule has 1 aromatic heterocycles.